The first-order chi connectivity index (χ1) is 8.16. The summed E-state index contributed by atoms with van der Waals surface area (Å²) in [4.78, 5) is 10.9. The van der Waals surface area contributed by atoms with E-state index in [1.54, 1.807) is 25.1 Å². The highest BCUT2D eigenvalue weighted by molar-refractivity contribution is 5.90. The Morgan fingerprint density at radius 3 is 2.82 bits per heavy atom. The van der Waals surface area contributed by atoms with Gasteiger partial charge in [-0.1, -0.05) is 25.1 Å². The smallest absolute Gasteiger partial charge is 0.336 e. The van der Waals surface area contributed by atoms with Crippen molar-refractivity contribution in [3.8, 4) is 5.75 Å². The summed E-state index contributed by atoms with van der Waals surface area (Å²) in [6.45, 7) is 4.42. The third kappa shape index (κ3) is 3.94. The molecule has 0 aliphatic heterocycles. The largest absolute Gasteiger partial charge is 0.493 e. The lowest BCUT2D eigenvalue weighted by Crippen LogP contribution is -2.03. The summed E-state index contributed by atoms with van der Waals surface area (Å²) in [5.74, 6) is -0.270. The third-order valence-electron chi connectivity index (χ3n) is 2.46. The van der Waals surface area contributed by atoms with E-state index in [4.69, 9.17) is 9.84 Å². The van der Waals surface area contributed by atoms with Gasteiger partial charge in [0.05, 0.1) is 12.2 Å². The van der Waals surface area contributed by atoms with Crippen LogP contribution < -0.4 is 4.74 Å². The van der Waals surface area contributed by atoms with Crippen LogP contribution in [0.4, 0.5) is 0 Å². The number of aromatic carboxylic acids is 1. The van der Waals surface area contributed by atoms with Crippen molar-refractivity contribution in [1.82, 2.24) is 0 Å². The number of allylic oxidation sites excluding steroid dienone is 1. The van der Waals surface area contributed by atoms with E-state index in [0.717, 1.165) is 12.8 Å². The number of ether oxygens (including phenoxy) is 1. The Labute approximate surface area is 102 Å². The van der Waals surface area contributed by atoms with Crippen LogP contribution in [0.2, 0.25) is 0 Å². The van der Waals surface area contributed by atoms with Crippen molar-refractivity contribution in [3.63, 3.8) is 0 Å². The molecule has 0 aliphatic carbocycles. The molecular formula is C14H18O3. The maximum atomic E-state index is 10.9. The lowest BCUT2D eigenvalue weighted by Gasteiger charge is -2.09. The second-order valence-corrected chi connectivity index (χ2v) is 3.75. The van der Waals surface area contributed by atoms with E-state index in [2.05, 4.69) is 19.1 Å². The fourth-order valence-corrected chi connectivity index (χ4v) is 1.52. The SMILES string of the molecule is CC/C=C\CCOc1cccc(C(=O)O)c1C. The van der Waals surface area contributed by atoms with Crippen molar-refractivity contribution >= 4 is 5.97 Å². The van der Waals surface area contributed by atoms with Crippen molar-refractivity contribution < 1.29 is 14.6 Å². The highest BCUT2D eigenvalue weighted by Gasteiger charge is 2.10. The molecule has 0 bridgehead atoms. The van der Waals surface area contributed by atoms with Crippen molar-refractivity contribution in [2.75, 3.05) is 6.61 Å². The highest BCUT2D eigenvalue weighted by Crippen LogP contribution is 2.21. The first kappa shape index (κ1) is 13.3. The summed E-state index contributed by atoms with van der Waals surface area (Å²) in [6.07, 6.45) is 6.01. The van der Waals surface area contributed by atoms with E-state index in [1.165, 1.54) is 0 Å². The average molecular weight is 234 g/mol. The standard InChI is InChI=1S/C14H18O3/c1-3-4-5-6-10-17-13-9-7-8-12(11(13)2)14(15)16/h4-5,7-9H,3,6,10H2,1-2H3,(H,15,16)/b5-4-. The molecule has 0 saturated heterocycles. The molecule has 0 aliphatic rings. The van der Waals surface area contributed by atoms with Crippen LogP contribution in [0.15, 0.2) is 30.4 Å². The Morgan fingerprint density at radius 1 is 1.41 bits per heavy atom. The lowest BCUT2D eigenvalue weighted by atomic mass is 10.1. The molecule has 0 amide bonds. The van der Waals surface area contributed by atoms with Crippen molar-refractivity contribution in [2.45, 2.75) is 26.7 Å². The first-order valence-corrected chi connectivity index (χ1v) is 5.77. The van der Waals surface area contributed by atoms with Gasteiger partial charge in [0.15, 0.2) is 0 Å². The summed E-state index contributed by atoms with van der Waals surface area (Å²) in [5.41, 5.74) is 0.978. The van der Waals surface area contributed by atoms with Gasteiger partial charge in [0.25, 0.3) is 0 Å². The lowest BCUT2D eigenvalue weighted by molar-refractivity contribution is 0.0695. The summed E-state index contributed by atoms with van der Waals surface area (Å²) in [7, 11) is 0. The maximum absolute atomic E-state index is 10.9. The van der Waals surface area contributed by atoms with Crippen LogP contribution >= 0.6 is 0 Å². The fraction of sp³-hybridized carbons (Fsp3) is 0.357. The molecule has 92 valence electrons. The van der Waals surface area contributed by atoms with Crippen molar-refractivity contribution in [1.29, 1.82) is 0 Å². The monoisotopic (exact) mass is 234 g/mol. The summed E-state index contributed by atoms with van der Waals surface area (Å²) >= 11 is 0. The Morgan fingerprint density at radius 2 is 2.18 bits per heavy atom. The Hall–Kier alpha value is -1.77. The molecule has 0 atom stereocenters. The number of hydrogen-bond donors (Lipinski definition) is 1. The third-order valence-corrected chi connectivity index (χ3v) is 2.46. The van der Waals surface area contributed by atoms with Gasteiger partial charge in [-0.15, -0.1) is 0 Å². The highest BCUT2D eigenvalue weighted by atomic mass is 16.5. The Bertz CT molecular complexity index is 408. The molecule has 0 saturated carbocycles. The molecule has 3 nitrogen and oxygen atoms in total. The molecule has 1 N–H and O–H groups in total. The van der Waals surface area contributed by atoms with Crippen LogP contribution in [0.1, 0.15) is 35.7 Å². The summed E-state index contributed by atoms with van der Waals surface area (Å²) < 4.78 is 5.56. The minimum absolute atomic E-state index is 0.298. The molecule has 3 heteroatoms. The number of carboxylic acids is 1. The zero-order valence-corrected chi connectivity index (χ0v) is 10.3. The minimum Gasteiger partial charge on any atom is -0.493 e. The predicted molar refractivity (Wildman–Crippen MR) is 67.7 cm³/mol. The normalized spacial score (nSPS) is 10.7. The molecular weight excluding hydrogens is 216 g/mol. The van der Waals surface area contributed by atoms with Crippen LogP contribution in [-0.4, -0.2) is 17.7 Å². The van der Waals surface area contributed by atoms with Gasteiger partial charge in [0.1, 0.15) is 5.75 Å². The molecule has 1 aromatic rings. The van der Waals surface area contributed by atoms with E-state index in [0.29, 0.717) is 23.5 Å². The van der Waals surface area contributed by atoms with Crippen LogP contribution in [-0.2, 0) is 0 Å². The molecule has 0 unspecified atom stereocenters. The second kappa shape index (κ2) is 6.74. The van der Waals surface area contributed by atoms with E-state index >= 15 is 0 Å². The number of rotatable bonds is 6. The molecule has 1 rings (SSSR count). The maximum Gasteiger partial charge on any atom is 0.336 e. The van der Waals surface area contributed by atoms with Gasteiger partial charge in [0.2, 0.25) is 0 Å². The Balaban J connectivity index is 2.62. The van der Waals surface area contributed by atoms with Gasteiger partial charge < -0.3 is 9.84 Å². The number of carboxylic acid groups (broad SMARTS) is 1. The van der Waals surface area contributed by atoms with Crippen molar-refractivity contribution in [3.05, 3.63) is 41.5 Å². The minimum atomic E-state index is -0.918. The molecule has 0 radical (unpaired) electrons. The average Bonchev–Trinajstić information content (AvgIpc) is 2.30. The van der Waals surface area contributed by atoms with Gasteiger partial charge >= 0.3 is 5.97 Å². The molecule has 0 spiro atoms. The van der Waals surface area contributed by atoms with Gasteiger partial charge in [-0.2, -0.15) is 0 Å². The van der Waals surface area contributed by atoms with E-state index in [1.807, 2.05) is 0 Å². The van der Waals surface area contributed by atoms with Crippen LogP contribution in [0.25, 0.3) is 0 Å². The van der Waals surface area contributed by atoms with Crippen LogP contribution in [0.3, 0.4) is 0 Å². The number of carbonyl (C=O) groups is 1. The number of benzene rings is 1. The molecule has 0 heterocycles. The van der Waals surface area contributed by atoms with Gasteiger partial charge in [-0.25, -0.2) is 4.79 Å². The van der Waals surface area contributed by atoms with Crippen molar-refractivity contribution in [2.24, 2.45) is 0 Å². The number of hydrogen-bond acceptors (Lipinski definition) is 2. The van der Waals surface area contributed by atoms with Crippen LogP contribution in [0.5, 0.6) is 5.75 Å². The molecule has 0 aromatic heterocycles. The van der Waals surface area contributed by atoms with Crippen LogP contribution in [0, 0.1) is 6.92 Å². The molecule has 17 heavy (non-hydrogen) atoms. The molecule has 0 fully saturated rings. The fourth-order valence-electron chi connectivity index (χ4n) is 1.52. The van der Waals surface area contributed by atoms with Gasteiger partial charge in [-0.05, 0) is 31.9 Å². The second-order valence-electron chi connectivity index (χ2n) is 3.75. The van der Waals surface area contributed by atoms with E-state index < -0.39 is 5.97 Å². The van der Waals surface area contributed by atoms with Gasteiger partial charge in [0, 0.05) is 5.56 Å². The zero-order chi connectivity index (χ0) is 12.7. The zero-order valence-electron chi connectivity index (χ0n) is 10.3. The quantitative estimate of drug-likeness (QED) is 0.606. The topological polar surface area (TPSA) is 46.5 Å². The summed E-state index contributed by atoms with van der Waals surface area (Å²) in [6, 6.07) is 5.08. The van der Waals surface area contributed by atoms with E-state index in [9.17, 15) is 4.79 Å². The Kier molecular flexibility index (Phi) is 5.27. The summed E-state index contributed by atoms with van der Waals surface area (Å²) in [5, 5.41) is 8.96. The molecule has 1 aromatic carbocycles. The predicted octanol–water partition coefficient (Wildman–Crippen LogP) is 3.43. The van der Waals surface area contributed by atoms with E-state index in [-0.39, 0.29) is 0 Å². The van der Waals surface area contributed by atoms with Gasteiger partial charge in [-0.3, -0.25) is 0 Å². The first-order valence-electron chi connectivity index (χ1n) is 5.77.